The molecule has 1 heterocycles. The van der Waals surface area contributed by atoms with Gasteiger partial charge in [-0.15, -0.1) is 0 Å². The molecule has 11 aliphatic carbocycles. The fourth-order valence-electron chi connectivity index (χ4n) is 15.6. The minimum Gasteiger partial charge on any atom is -0.462 e. The van der Waals surface area contributed by atoms with Crippen LogP contribution in [-0.4, -0.2) is 69.6 Å². The summed E-state index contributed by atoms with van der Waals surface area (Å²) in [7, 11) is 0. The molecular formula is C63H104O11. The lowest BCUT2D eigenvalue weighted by atomic mass is 9.50. The van der Waals surface area contributed by atoms with Crippen molar-refractivity contribution in [3.8, 4) is 0 Å². The fraction of sp³-hybridized carbons (Fsp3) is 0.921. The van der Waals surface area contributed by atoms with Gasteiger partial charge in [-0.25, -0.2) is 0 Å². The number of esters is 5. The van der Waals surface area contributed by atoms with E-state index in [1.54, 1.807) is 0 Å². The third kappa shape index (κ3) is 12.4. The van der Waals surface area contributed by atoms with Gasteiger partial charge in [-0.2, -0.15) is 0 Å². The van der Waals surface area contributed by atoms with Gasteiger partial charge in [0, 0.05) is 18.3 Å². The third-order valence-corrected chi connectivity index (χ3v) is 22.0. The summed E-state index contributed by atoms with van der Waals surface area (Å²) in [5.41, 5.74) is -2.82. The van der Waals surface area contributed by atoms with Gasteiger partial charge in [-0.05, 0) is 233 Å². The second-order valence-corrected chi connectivity index (χ2v) is 29.0. The molecule has 12 rings (SSSR count). The zero-order valence-electron chi connectivity index (χ0n) is 49.1. The van der Waals surface area contributed by atoms with E-state index in [4.69, 9.17) is 23.7 Å². The highest BCUT2D eigenvalue weighted by Gasteiger charge is 2.64. The van der Waals surface area contributed by atoms with Crippen molar-refractivity contribution in [1.29, 1.82) is 0 Å². The van der Waals surface area contributed by atoms with E-state index < -0.39 is 16.4 Å². The Balaban J connectivity index is 0.000000144. The Morgan fingerprint density at radius 2 is 1.01 bits per heavy atom. The number of hydrogen-bond donors (Lipinski definition) is 1. The number of aliphatic hydroxyl groups is 1. The highest BCUT2D eigenvalue weighted by atomic mass is 16.6. The van der Waals surface area contributed by atoms with Crippen molar-refractivity contribution in [2.75, 3.05) is 0 Å². The maximum absolute atomic E-state index is 12.5. The van der Waals surface area contributed by atoms with Crippen LogP contribution in [0.3, 0.4) is 0 Å². The SMILES string of the molecule is CCC(C)(C)C(=O)OC1(C)C2CC3CC(C2)CC1C3.CCC(C)(C)C(=O)OC12CC3CC(CC(O)(C3)C1)C2.CCC(C)(C)C(=O)OC1C2CC3OC(=O)C1C3C2.CCC1(OC(=O)C(C)(C)CC)CCCCCCC1. The van der Waals surface area contributed by atoms with Crippen LogP contribution in [0.4, 0.5) is 0 Å². The van der Waals surface area contributed by atoms with E-state index in [1.165, 1.54) is 70.6 Å². The molecule has 0 amide bonds. The van der Waals surface area contributed by atoms with E-state index in [0.29, 0.717) is 41.9 Å². The van der Waals surface area contributed by atoms with Crippen molar-refractivity contribution in [3.05, 3.63) is 0 Å². The van der Waals surface area contributed by atoms with Crippen molar-refractivity contribution in [1.82, 2.24) is 0 Å². The van der Waals surface area contributed by atoms with Gasteiger partial charge in [0.05, 0.1) is 27.3 Å². The van der Waals surface area contributed by atoms with E-state index in [0.717, 1.165) is 95.3 Å². The minimum atomic E-state index is -0.555. The standard InChI is InChI=1S/C17H28O2.C16H26O3.C16H30O2.C14H20O4/c1-5-16(2,3)15(18)19-17(4)13-7-11-6-12(9-13)10-14(17)8-11;1-4-14(2,3)13(17)19-16-8-11-5-12(9-16)7-15(18,6-11)10-16;1-5-15(3,4)14(17)18-16(6-2)12-10-8-7-9-11-13-16;1-4-14(2,3)13(16)18-11-7-5-8-9(6-7)17-12(15)10(8)11/h11-14H,5-10H2,1-4H3;11-12,18H,4-10H2,1-3H3;5-13H2,1-4H3;7-11H,4-6H2,1-3H3. The molecule has 1 aliphatic heterocycles. The summed E-state index contributed by atoms with van der Waals surface area (Å²) in [6.45, 7) is 28.2. The van der Waals surface area contributed by atoms with Crippen LogP contribution in [0, 0.1) is 74.9 Å². The largest absolute Gasteiger partial charge is 0.462 e. The van der Waals surface area contributed by atoms with Crippen LogP contribution in [0.25, 0.3) is 0 Å². The van der Waals surface area contributed by atoms with Crippen molar-refractivity contribution < 1.29 is 52.8 Å². The smallest absolute Gasteiger partial charge is 0.313 e. The maximum Gasteiger partial charge on any atom is 0.313 e. The lowest BCUT2D eigenvalue weighted by molar-refractivity contribution is -0.225. The number of rotatable bonds is 13. The second-order valence-electron chi connectivity index (χ2n) is 29.0. The zero-order valence-corrected chi connectivity index (χ0v) is 49.1. The Labute approximate surface area is 447 Å². The molecule has 0 aromatic heterocycles. The summed E-state index contributed by atoms with van der Waals surface area (Å²) in [4.78, 5) is 61.1. The van der Waals surface area contributed by atoms with Crippen molar-refractivity contribution in [2.24, 2.45) is 74.9 Å². The van der Waals surface area contributed by atoms with Crippen molar-refractivity contribution in [2.45, 2.75) is 292 Å². The molecule has 11 saturated carbocycles. The number of hydrogen-bond acceptors (Lipinski definition) is 11. The number of carbonyl (C=O) groups excluding carboxylic acids is 5. The Kier molecular flexibility index (Phi) is 17.7. The first-order valence-electron chi connectivity index (χ1n) is 30.3. The second kappa shape index (κ2) is 22.2. The number of ether oxygens (including phenoxy) is 5. The molecule has 422 valence electrons. The van der Waals surface area contributed by atoms with Gasteiger partial charge in [0.15, 0.2) is 0 Å². The van der Waals surface area contributed by atoms with Gasteiger partial charge in [0.2, 0.25) is 0 Å². The van der Waals surface area contributed by atoms with Gasteiger partial charge in [0.1, 0.15) is 34.9 Å². The Hall–Kier alpha value is -2.69. The normalized spacial score (nSPS) is 37.9. The number of fused-ring (bicyclic) bond motifs is 1. The molecule has 11 heteroatoms. The topological polar surface area (TPSA) is 152 Å². The highest BCUT2D eigenvalue weighted by Crippen LogP contribution is 2.61. The summed E-state index contributed by atoms with van der Waals surface area (Å²) in [5.74, 6) is 4.24. The summed E-state index contributed by atoms with van der Waals surface area (Å²) >= 11 is 0. The molecular weight excluding hydrogens is 933 g/mol. The molecule has 1 saturated heterocycles. The lowest BCUT2D eigenvalue weighted by Crippen LogP contribution is -2.61. The Bertz CT molecular complexity index is 1960. The summed E-state index contributed by atoms with van der Waals surface area (Å²) in [6.07, 6.45) is 26.6. The van der Waals surface area contributed by atoms with Crippen LogP contribution in [0.1, 0.15) is 257 Å². The Morgan fingerprint density at radius 3 is 1.49 bits per heavy atom. The first-order chi connectivity index (χ1) is 34.5. The molecule has 74 heavy (non-hydrogen) atoms. The van der Waals surface area contributed by atoms with Crippen LogP contribution in [0.2, 0.25) is 0 Å². The van der Waals surface area contributed by atoms with Gasteiger partial charge in [0.25, 0.3) is 0 Å². The van der Waals surface area contributed by atoms with Crippen LogP contribution in [0.5, 0.6) is 0 Å². The van der Waals surface area contributed by atoms with Crippen LogP contribution >= 0.6 is 0 Å². The van der Waals surface area contributed by atoms with Crippen LogP contribution in [-0.2, 0) is 47.7 Å². The number of carbonyl (C=O) groups is 5. The minimum absolute atomic E-state index is 0.00702. The van der Waals surface area contributed by atoms with Crippen molar-refractivity contribution in [3.63, 3.8) is 0 Å². The molecule has 0 aromatic carbocycles. The van der Waals surface area contributed by atoms with E-state index in [-0.39, 0.29) is 75.6 Å². The van der Waals surface area contributed by atoms with E-state index >= 15 is 0 Å². The monoisotopic (exact) mass is 1040 g/mol. The molecule has 7 unspecified atom stereocenters. The van der Waals surface area contributed by atoms with Gasteiger partial charge in [-0.1, -0.05) is 53.9 Å². The molecule has 10 bridgehead atoms. The molecule has 0 spiro atoms. The molecule has 12 aliphatic rings. The molecule has 1 N–H and O–H groups in total. The first-order valence-corrected chi connectivity index (χ1v) is 30.3. The summed E-state index contributed by atoms with van der Waals surface area (Å²) in [5, 5.41) is 10.6. The predicted octanol–water partition coefficient (Wildman–Crippen LogP) is 14.0. The molecule has 0 aromatic rings. The van der Waals surface area contributed by atoms with Gasteiger partial charge in [-0.3, -0.25) is 24.0 Å². The van der Waals surface area contributed by atoms with E-state index in [2.05, 4.69) is 27.7 Å². The maximum atomic E-state index is 12.5. The quantitative estimate of drug-likeness (QED) is 0.139. The van der Waals surface area contributed by atoms with Gasteiger partial charge >= 0.3 is 29.8 Å². The molecule has 11 nitrogen and oxygen atoms in total. The molecule has 12 fully saturated rings. The average Bonchev–Trinajstić information content (AvgIpc) is 3.96. The van der Waals surface area contributed by atoms with E-state index in [9.17, 15) is 29.1 Å². The summed E-state index contributed by atoms with van der Waals surface area (Å²) in [6, 6.07) is 0. The average molecular weight is 1040 g/mol. The highest BCUT2D eigenvalue weighted by molar-refractivity contribution is 5.80. The molecule has 0 radical (unpaired) electrons. The van der Waals surface area contributed by atoms with Gasteiger partial charge < -0.3 is 28.8 Å². The predicted molar refractivity (Wildman–Crippen MR) is 287 cm³/mol. The van der Waals surface area contributed by atoms with Crippen molar-refractivity contribution >= 4 is 29.8 Å². The molecule has 7 atom stereocenters. The fourth-order valence-corrected chi connectivity index (χ4v) is 15.6. The van der Waals surface area contributed by atoms with Crippen LogP contribution in [0.15, 0.2) is 0 Å². The Morgan fingerprint density at radius 1 is 0.568 bits per heavy atom. The van der Waals surface area contributed by atoms with E-state index in [1.807, 2.05) is 69.2 Å². The third-order valence-electron chi connectivity index (χ3n) is 22.0. The zero-order chi connectivity index (χ0) is 54.5. The van der Waals surface area contributed by atoms with Crippen LogP contribution < -0.4 is 0 Å². The summed E-state index contributed by atoms with van der Waals surface area (Å²) < 4.78 is 29.1. The lowest BCUT2D eigenvalue weighted by Gasteiger charge is -2.59. The first kappa shape index (κ1) is 59.0.